The third-order valence-electron chi connectivity index (χ3n) is 5.21. The van der Waals surface area contributed by atoms with Crippen molar-refractivity contribution in [1.29, 1.82) is 0 Å². The number of hydrogen-bond acceptors (Lipinski definition) is 3. The number of benzene rings is 1. The van der Waals surface area contributed by atoms with Crippen molar-refractivity contribution in [3.63, 3.8) is 0 Å². The Balaban J connectivity index is 1.47. The molecule has 1 spiro atoms. The molecule has 0 atom stereocenters. The van der Waals surface area contributed by atoms with Crippen LogP contribution in [0.15, 0.2) is 30.3 Å². The van der Waals surface area contributed by atoms with Gasteiger partial charge in [-0.05, 0) is 37.8 Å². The van der Waals surface area contributed by atoms with E-state index in [9.17, 15) is 18.8 Å². The summed E-state index contributed by atoms with van der Waals surface area (Å²) in [6, 6.07) is 5.93. The number of amides is 4. The molecular formula is C20H24FN3O3. The second-order valence-electron chi connectivity index (χ2n) is 7.13. The van der Waals surface area contributed by atoms with E-state index in [0.717, 1.165) is 12.8 Å². The number of rotatable bonds is 6. The Labute approximate surface area is 157 Å². The molecule has 1 aliphatic carbocycles. The second-order valence-corrected chi connectivity index (χ2v) is 7.13. The second kappa shape index (κ2) is 7.90. The average molecular weight is 373 g/mol. The van der Waals surface area contributed by atoms with Gasteiger partial charge in [-0.25, -0.2) is 9.18 Å². The molecule has 1 aromatic rings. The summed E-state index contributed by atoms with van der Waals surface area (Å²) in [5.41, 5.74) is 0.219. The monoisotopic (exact) mass is 373 g/mol. The first-order chi connectivity index (χ1) is 12.9. The molecule has 1 saturated carbocycles. The van der Waals surface area contributed by atoms with E-state index in [1.54, 1.807) is 25.1 Å². The van der Waals surface area contributed by atoms with Gasteiger partial charge in [0.15, 0.2) is 0 Å². The van der Waals surface area contributed by atoms with Crippen molar-refractivity contribution in [2.75, 3.05) is 13.1 Å². The predicted molar refractivity (Wildman–Crippen MR) is 99.1 cm³/mol. The van der Waals surface area contributed by atoms with Crippen LogP contribution >= 0.6 is 0 Å². The van der Waals surface area contributed by atoms with Crippen LogP contribution in [0.3, 0.4) is 0 Å². The Morgan fingerprint density at radius 3 is 2.70 bits per heavy atom. The predicted octanol–water partition coefficient (Wildman–Crippen LogP) is 2.60. The number of imide groups is 1. The van der Waals surface area contributed by atoms with E-state index in [1.807, 2.05) is 0 Å². The molecule has 6 nitrogen and oxygen atoms in total. The molecule has 144 valence electrons. The Morgan fingerprint density at radius 1 is 1.30 bits per heavy atom. The molecule has 0 bridgehead atoms. The van der Waals surface area contributed by atoms with Crippen molar-refractivity contribution in [1.82, 2.24) is 15.5 Å². The molecule has 4 amide bonds. The third-order valence-corrected chi connectivity index (χ3v) is 5.21. The third kappa shape index (κ3) is 4.02. The smallest absolute Gasteiger partial charge is 0.325 e. The Morgan fingerprint density at radius 2 is 2.00 bits per heavy atom. The highest BCUT2D eigenvalue weighted by Gasteiger charge is 2.51. The first kappa shape index (κ1) is 19.1. The molecule has 7 heteroatoms. The molecule has 0 aromatic heterocycles. The fourth-order valence-electron chi connectivity index (χ4n) is 3.75. The van der Waals surface area contributed by atoms with E-state index in [0.29, 0.717) is 36.9 Å². The lowest BCUT2D eigenvalue weighted by Gasteiger charge is -2.20. The summed E-state index contributed by atoms with van der Waals surface area (Å²) in [7, 11) is 0. The number of allylic oxidation sites excluding steroid dienone is 1. The summed E-state index contributed by atoms with van der Waals surface area (Å²) < 4.78 is 13.7. The van der Waals surface area contributed by atoms with Crippen molar-refractivity contribution in [3.05, 3.63) is 41.7 Å². The van der Waals surface area contributed by atoms with Crippen LogP contribution in [0.4, 0.5) is 9.18 Å². The van der Waals surface area contributed by atoms with Crippen molar-refractivity contribution in [2.45, 2.75) is 44.6 Å². The minimum atomic E-state index is -0.695. The molecule has 0 radical (unpaired) electrons. The molecule has 2 fully saturated rings. The van der Waals surface area contributed by atoms with Crippen molar-refractivity contribution in [2.24, 2.45) is 0 Å². The Kier molecular flexibility index (Phi) is 5.58. The van der Waals surface area contributed by atoms with Gasteiger partial charge in [-0.15, -0.1) is 0 Å². The highest BCUT2D eigenvalue weighted by molar-refractivity contribution is 6.07. The van der Waals surface area contributed by atoms with Crippen LogP contribution in [0.25, 0.3) is 5.57 Å². The molecule has 2 aliphatic rings. The van der Waals surface area contributed by atoms with Crippen LogP contribution in [-0.4, -0.2) is 41.4 Å². The van der Waals surface area contributed by atoms with Crippen LogP contribution in [0.5, 0.6) is 0 Å². The van der Waals surface area contributed by atoms with Gasteiger partial charge < -0.3 is 10.6 Å². The summed E-state index contributed by atoms with van der Waals surface area (Å²) in [4.78, 5) is 37.8. The van der Waals surface area contributed by atoms with Crippen LogP contribution in [0.2, 0.25) is 0 Å². The fourth-order valence-corrected chi connectivity index (χ4v) is 3.75. The van der Waals surface area contributed by atoms with E-state index >= 15 is 0 Å². The first-order valence-electron chi connectivity index (χ1n) is 9.28. The highest BCUT2D eigenvalue weighted by atomic mass is 19.1. The van der Waals surface area contributed by atoms with E-state index in [2.05, 4.69) is 10.6 Å². The topological polar surface area (TPSA) is 78.5 Å². The number of carbonyl (C=O) groups is 3. The zero-order chi connectivity index (χ0) is 19.4. The fraction of sp³-hybridized carbons (Fsp3) is 0.450. The Hall–Kier alpha value is -2.70. The summed E-state index contributed by atoms with van der Waals surface area (Å²) in [6.45, 7) is 2.26. The molecule has 1 heterocycles. The van der Waals surface area contributed by atoms with E-state index in [1.165, 1.54) is 17.0 Å². The summed E-state index contributed by atoms with van der Waals surface area (Å²) in [5, 5.41) is 5.54. The maximum absolute atomic E-state index is 13.7. The van der Waals surface area contributed by atoms with Gasteiger partial charge in [0, 0.05) is 24.7 Å². The molecule has 1 aromatic carbocycles. The van der Waals surface area contributed by atoms with E-state index < -0.39 is 5.54 Å². The maximum Gasteiger partial charge on any atom is 0.325 e. The van der Waals surface area contributed by atoms with Gasteiger partial charge in [0.1, 0.15) is 11.4 Å². The number of nitrogens with zero attached hydrogens (tertiary/aromatic N) is 1. The van der Waals surface area contributed by atoms with Gasteiger partial charge >= 0.3 is 6.03 Å². The normalized spacial score (nSPS) is 18.9. The average Bonchev–Trinajstić information content (AvgIpc) is 3.19. The van der Waals surface area contributed by atoms with Crippen LogP contribution in [0.1, 0.15) is 44.6 Å². The molecular weight excluding hydrogens is 349 g/mol. The minimum Gasteiger partial charge on any atom is -0.352 e. The molecule has 2 N–H and O–H groups in total. The van der Waals surface area contributed by atoms with Crippen LogP contribution in [0, 0.1) is 5.82 Å². The maximum atomic E-state index is 13.7. The largest absolute Gasteiger partial charge is 0.352 e. The van der Waals surface area contributed by atoms with Gasteiger partial charge in [0.05, 0.1) is 0 Å². The number of hydrogen-bond donors (Lipinski definition) is 2. The standard InChI is InChI=1S/C20H24FN3O3/c1-14(15-7-2-3-8-16(15)21)13-17(25)22-11-6-12-24-18(26)20(23-19(24)27)9-4-5-10-20/h2-3,7-8,13H,4-6,9-12H2,1H3,(H,22,25)(H,23,27). The van der Waals surface area contributed by atoms with Crippen molar-refractivity contribution < 1.29 is 18.8 Å². The zero-order valence-electron chi connectivity index (χ0n) is 15.4. The zero-order valence-corrected chi connectivity index (χ0v) is 15.4. The lowest BCUT2D eigenvalue weighted by atomic mass is 9.98. The SMILES string of the molecule is CC(=CC(=O)NCCCN1C(=O)NC2(CCCC2)C1=O)c1ccccc1F. The quantitative estimate of drug-likeness (QED) is 0.457. The van der Waals surface area contributed by atoms with Crippen molar-refractivity contribution in [3.8, 4) is 0 Å². The summed E-state index contributed by atoms with van der Waals surface area (Å²) >= 11 is 0. The minimum absolute atomic E-state index is 0.147. The van der Waals surface area contributed by atoms with E-state index in [4.69, 9.17) is 0 Å². The van der Waals surface area contributed by atoms with Crippen molar-refractivity contribution >= 4 is 23.4 Å². The Bertz CT molecular complexity index is 784. The van der Waals surface area contributed by atoms with Gasteiger partial charge in [0.25, 0.3) is 5.91 Å². The van der Waals surface area contributed by atoms with Crippen LogP contribution < -0.4 is 10.6 Å². The molecule has 3 rings (SSSR count). The summed E-state index contributed by atoms with van der Waals surface area (Å²) in [5.74, 6) is -0.856. The lowest BCUT2D eigenvalue weighted by Crippen LogP contribution is -2.44. The number of nitrogens with one attached hydrogen (secondary N) is 2. The highest BCUT2D eigenvalue weighted by Crippen LogP contribution is 2.34. The number of urea groups is 1. The number of carbonyl (C=O) groups excluding carboxylic acids is 3. The molecule has 27 heavy (non-hydrogen) atoms. The number of halogens is 1. The van der Waals surface area contributed by atoms with Gasteiger partial charge in [0.2, 0.25) is 5.91 Å². The molecule has 1 saturated heterocycles. The van der Waals surface area contributed by atoms with Crippen LogP contribution in [-0.2, 0) is 9.59 Å². The van der Waals surface area contributed by atoms with Gasteiger partial charge in [-0.2, -0.15) is 0 Å². The molecule has 1 aliphatic heterocycles. The van der Waals surface area contributed by atoms with E-state index in [-0.39, 0.29) is 30.2 Å². The molecule has 0 unspecified atom stereocenters. The summed E-state index contributed by atoms with van der Waals surface area (Å²) in [6.07, 6.45) is 5.11. The van der Waals surface area contributed by atoms with Gasteiger partial charge in [-0.3, -0.25) is 14.5 Å². The van der Waals surface area contributed by atoms with Gasteiger partial charge in [-0.1, -0.05) is 31.0 Å². The lowest BCUT2D eigenvalue weighted by molar-refractivity contribution is -0.131. The first-order valence-corrected chi connectivity index (χ1v) is 9.28.